The Labute approximate surface area is 273 Å². The van der Waals surface area contributed by atoms with Crippen LogP contribution in [0.4, 0.5) is 14.7 Å². The zero-order chi connectivity index (χ0) is 35.6. The lowest BCUT2D eigenvalue weighted by Gasteiger charge is -2.36. The van der Waals surface area contributed by atoms with E-state index in [0.717, 1.165) is 49.6 Å². The van der Waals surface area contributed by atoms with E-state index in [4.69, 9.17) is 10.6 Å². The van der Waals surface area contributed by atoms with E-state index in [1.165, 1.54) is 5.38 Å². The number of hydrogen-bond acceptors (Lipinski definition) is 15. The molecule has 8 N–H and O–H groups in total. The van der Waals surface area contributed by atoms with Gasteiger partial charge in [-0.2, -0.15) is 8.42 Å². The van der Waals surface area contributed by atoms with Crippen LogP contribution in [0.2, 0.25) is 0 Å². The number of rotatable bonds is 11. The van der Waals surface area contributed by atoms with Crippen molar-refractivity contribution in [3.8, 4) is 5.75 Å². The van der Waals surface area contributed by atoms with Gasteiger partial charge in [-0.15, -0.1) is 11.3 Å². The number of amides is 7. The number of β-lactam (4-membered cyclic amide) rings is 1. The van der Waals surface area contributed by atoms with E-state index < -0.39 is 87.6 Å². The van der Waals surface area contributed by atoms with Crippen LogP contribution in [0, 0.1) is 0 Å². The number of likely N-dealkylation sites (tertiary alicyclic amines) is 1. The summed E-state index contributed by atoms with van der Waals surface area (Å²) in [6.45, 7) is 1.01. The normalized spacial score (nSPS) is 16.9. The standard InChI is InChI=1S/C24H26N10O12S2/c1-24(2,20(40)41)46-30-17(13-10-47-21(25)28-13)18(38)27-12-9-32(19(12)39)22(42)31-48(44,45)34-6-5-33(23(34)43)29-16(37)4-3-11-7-14(35)15(36)8-26-11/h3-4,7-8,10,12,36H,5-6,9H2,1-2H3,(H2,25,28)(H,26,35)(H,27,38)(H,29,37)(H,31,42)(H,40,41)/t12-/m0/s1. The number of hydrogen-bond donors (Lipinski definition) is 7. The van der Waals surface area contributed by atoms with Crippen molar-refractivity contribution >= 4 is 74.2 Å². The van der Waals surface area contributed by atoms with Crippen LogP contribution in [0.25, 0.3) is 6.08 Å². The molecule has 7 amide bonds. The van der Waals surface area contributed by atoms with Crippen LogP contribution in [-0.2, 0) is 34.2 Å². The summed E-state index contributed by atoms with van der Waals surface area (Å²) >= 11 is 0.931. The predicted molar refractivity (Wildman–Crippen MR) is 162 cm³/mol. The van der Waals surface area contributed by atoms with Gasteiger partial charge in [0.2, 0.25) is 11.0 Å². The average Bonchev–Trinajstić information content (AvgIpc) is 3.60. The van der Waals surface area contributed by atoms with E-state index in [0.29, 0.717) is 9.91 Å². The van der Waals surface area contributed by atoms with Crippen LogP contribution < -0.4 is 26.6 Å². The number of aromatic hydroxyl groups is 1. The third-order valence-electron chi connectivity index (χ3n) is 6.39. The summed E-state index contributed by atoms with van der Waals surface area (Å²) < 4.78 is 27.4. The maximum atomic E-state index is 12.9. The van der Waals surface area contributed by atoms with Crippen LogP contribution in [-0.4, -0.2) is 116 Å². The third kappa shape index (κ3) is 7.66. The number of imide groups is 1. The summed E-state index contributed by atoms with van der Waals surface area (Å²) in [5, 5.41) is 26.3. The molecule has 0 bridgehead atoms. The first-order valence-electron chi connectivity index (χ1n) is 13.3. The van der Waals surface area contributed by atoms with E-state index in [2.05, 4.69) is 25.9 Å². The highest BCUT2D eigenvalue weighted by molar-refractivity contribution is 7.88. The van der Waals surface area contributed by atoms with Gasteiger partial charge in [-0.05, 0) is 19.9 Å². The highest BCUT2D eigenvalue weighted by Crippen LogP contribution is 2.18. The van der Waals surface area contributed by atoms with Crippen LogP contribution in [0.5, 0.6) is 5.75 Å². The molecule has 0 spiro atoms. The van der Waals surface area contributed by atoms with Gasteiger partial charge in [-0.1, -0.05) is 5.16 Å². The molecule has 2 fully saturated rings. The number of carbonyl (C=O) groups is 6. The number of carbonyl (C=O) groups excluding carboxylic acids is 5. The van der Waals surface area contributed by atoms with Crippen LogP contribution in [0.1, 0.15) is 25.2 Å². The van der Waals surface area contributed by atoms with Crippen molar-refractivity contribution in [3.63, 3.8) is 0 Å². The van der Waals surface area contributed by atoms with Crippen molar-refractivity contribution in [1.29, 1.82) is 0 Å². The number of oxime groups is 1. The smallest absolute Gasteiger partial charge is 0.353 e. The van der Waals surface area contributed by atoms with Crippen molar-refractivity contribution < 1.29 is 52.2 Å². The maximum Gasteiger partial charge on any atom is 0.353 e. The van der Waals surface area contributed by atoms with Gasteiger partial charge in [0.1, 0.15) is 11.7 Å². The number of aliphatic carboxylic acids is 1. The molecule has 2 aromatic heterocycles. The number of carboxylic acids is 1. The average molecular weight is 711 g/mol. The number of aromatic nitrogens is 2. The molecule has 2 aromatic rings. The highest BCUT2D eigenvalue weighted by Gasteiger charge is 2.46. The van der Waals surface area contributed by atoms with E-state index in [1.807, 2.05) is 0 Å². The van der Waals surface area contributed by atoms with E-state index >= 15 is 0 Å². The second-order valence-electron chi connectivity index (χ2n) is 10.3. The molecule has 0 aromatic carbocycles. The molecular formula is C24H26N10O12S2. The van der Waals surface area contributed by atoms with Gasteiger partial charge < -0.3 is 31.1 Å². The van der Waals surface area contributed by atoms with Crippen LogP contribution in [0.3, 0.4) is 0 Å². The fourth-order valence-corrected chi connectivity index (χ4v) is 5.33. The minimum absolute atomic E-state index is 0.0369. The van der Waals surface area contributed by atoms with Crippen molar-refractivity contribution in [2.75, 3.05) is 25.4 Å². The van der Waals surface area contributed by atoms with E-state index in [1.54, 1.807) is 4.72 Å². The van der Waals surface area contributed by atoms with Crippen molar-refractivity contribution in [2.45, 2.75) is 25.5 Å². The van der Waals surface area contributed by atoms with Gasteiger partial charge in [0, 0.05) is 29.4 Å². The minimum atomic E-state index is -4.88. The Bertz CT molecular complexity index is 1920. The molecule has 0 radical (unpaired) electrons. The minimum Gasteiger partial charge on any atom is -0.503 e. The number of anilines is 1. The number of carboxylic acid groups (broad SMARTS) is 1. The molecule has 1 atom stereocenters. The molecular weight excluding hydrogens is 684 g/mol. The van der Waals surface area contributed by atoms with Crippen molar-refractivity contribution in [1.82, 2.24) is 39.6 Å². The Morgan fingerprint density at radius 3 is 2.54 bits per heavy atom. The fourth-order valence-electron chi connectivity index (χ4n) is 3.72. The number of nitrogens with zero attached hydrogens (tertiary/aromatic N) is 5. The SMILES string of the molecule is CC(C)(ON=C(C(=O)N[C@H]1CN(C(=O)NS(=O)(=O)N2CCN(NC(=O)C=Cc3cc(=O)c(O)c[nH]3)C2=O)C1=O)c1csc(N)n1)C(=O)O. The largest absolute Gasteiger partial charge is 0.503 e. The molecule has 4 rings (SSSR count). The number of nitrogens with two attached hydrogens (primary N) is 1. The number of hydrazine groups is 1. The molecule has 2 saturated heterocycles. The molecule has 256 valence electrons. The van der Waals surface area contributed by atoms with Crippen LogP contribution >= 0.6 is 11.3 Å². The van der Waals surface area contributed by atoms with E-state index in [-0.39, 0.29) is 27.4 Å². The molecule has 48 heavy (non-hydrogen) atoms. The number of thiazole rings is 1. The quantitative estimate of drug-likeness (QED) is 0.0547. The third-order valence-corrected chi connectivity index (χ3v) is 8.42. The first-order chi connectivity index (χ1) is 22.4. The molecule has 2 aliphatic rings. The molecule has 0 saturated carbocycles. The summed E-state index contributed by atoms with van der Waals surface area (Å²) in [5.41, 5.74) is 4.67. The van der Waals surface area contributed by atoms with Crippen LogP contribution in [0.15, 0.2) is 33.7 Å². The molecule has 0 aliphatic carbocycles. The highest BCUT2D eigenvalue weighted by atomic mass is 32.2. The van der Waals surface area contributed by atoms with Crippen molar-refractivity contribution in [3.05, 3.63) is 45.3 Å². The number of urea groups is 2. The Kier molecular flexibility index (Phi) is 9.70. The molecule has 2 aliphatic heterocycles. The van der Waals surface area contributed by atoms with Gasteiger partial charge in [-0.3, -0.25) is 29.5 Å². The zero-order valence-electron chi connectivity index (χ0n) is 24.7. The molecule has 24 heteroatoms. The molecule has 22 nitrogen and oxygen atoms in total. The topological polar surface area (TPSA) is 316 Å². The number of aromatic amines is 1. The number of nitrogens with one attached hydrogen (secondary N) is 4. The van der Waals surface area contributed by atoms with Crippen molar-refractivity contribution in [2.24, 2.45) is 5.16 Å². The number of H-pyrrole nitrogens is 1. The zero-order valence-corrected chi connectivity index (χ0v) is 26.3. The van der Waals surface area contributed by atoms with Gasteiger partial charge in [0.05, 0.1) is 19.6 Å². The Balaban J connectivity index is 1.32. The monoisotopic (exact) mass is 710 g/mol. The van der Waals surface area contributed by atoms with Gasteiger partial charge in [-0.25, -0.2) is 33.4 Å². The first kappa shape index (κ1) is 34.8. The second-order valence-corrected chi connectivity index (χ2v) is 12.7. The van der Waals surface area contributed by atoms with Gasteiger partial charge in [0.15, 0.2) is 16.6 Å². The Morgan fingerprint density at radius 2 is 1.94 bits per heavy atom. The van der Waals surface area contributed by atoms with Gasteiger partial charge >= 0.3 is 28.2 Å². The molecule has 0 unspecified atom stereocenters. The summed E-state index contributed by atoms with van der Waals surface area (Å²) in [5.74, 6) is -4.92. The van der Waals surface area contributed by atoms with E-state index in [9.17, 15) is 52.2 Å². The summed E-state index contributed by atoms with van der Waals surface area (Å²) in [7, 11) is -4.88. The lowest BCUT2D eigenvalue weighted by molar-refractivity contribution is -0.161. The first-order valence-corrected chi connectivity index (χ1v) is 15.6. The Hall–Kier alpha value is -6.04. The lowest BCUT2D eigenvalue weighted by atomic mass is 10.1. The number of nitrogen functional groups attached to an aromatic ring is 1. The summed E-state index contributed by atoms with van der Waals surface area (Å²) in [6.07, 6.45) is 3.08. The summed E-state index contributed by atoms with van der Waals surface area (Å²) in [4.78, 5) is 97.7. The second kappa shape index (κ2) is 13.4. The summed E-state index contributed by atoms with van der Waals surface area (Å²) in [6, 6.07) is -3.02. The fraction of sp³-hybridized carbons (Fsp3) is 0.292. The number of pyridine rings is 1. The predicted octanol–water partition coefficient (Wildman–Crippen LogP) is -2.53. The molecule has 4 heterocycles. The van der Waals surface area contributed by atoms with Gasteiger partial charge in [0.25, 0.3) is 17.7 Å². The Morgan fingerprint density at radius 1 is 1.23 bits per heavy atom. The lowest BCUT2D eigenvalue weighted by Crippen LogP contribution is -2.68. The maximum absolute atomic E-state index is 12.9.